The summed E-state index contributed by atoms with van der Waals surface area (Å²) in [5.74, 6) is -0.222. The van der Waals surface area contributed by atoms with Gasteiger partial charge in [0, 0.05) is 39.8 Å². The monoisotopic (exact) mass is 356 g/mol. The molecule has 0 bridgehead atoms. The van der Waals surface area contributed by atoms with Crippen molar-refractivity contribution in [2.24, 2.45) is 14.1 Å². The largest absolute Gasteiger partial charge is 0.336 e. The summed E-state index contributed by atoms with van der Waals surface area (Å²) in [6.07, 6.45) is 1.48. The van der Waals surface area contributed by atoms with Gasteiger partial charge in [-0.3, -0.25) is 14.2 Å². The Morgan fingerprint density at radius 3 is 2.75 bits per heavy atom. The maximum Gasteiger partial charge on any atom is 0.332 e. The number of imidazole rings is 1. The highest BCUT2D eigenvalue weighted by molar-refractivity contribution is 5.85. The summed E-state index contributed by atoms with van der Waals surface area (Å²) in [4.78, 5) is 43.3. The van der Waals surface area contributed by atoms with Gasteiger partial charge in [0.1, 0.15) is 6.54 Å². The molecule has 1 amide bonds. The summed E-state index contributed by atoms with van der Waals surface area (Å²) in [6, 6.07) is 0.0382. The van der Waals surface area contributed by atoms with Crippen LogP contribution in [0.3, 0.4) is 0 Å². The number of aryl methyl sites for hydroxylation is 2. The molecule has 132 valence electrons. The molecule has 3 heterocycles. The lowest BCUT2D eigenvalue weighted by Gasteiger charge is -2.34. The van der Waals surface area contributed by atoms with Crippen molar-refractivity contribution < 1.29 is 4.79 Å². The van der Waals surface area contributed by atoms with Gasteiger partial charge >= 0.3 is 5.69 Å². The SMILES string of the molecule is C[C@H]1CNCCN1C(=O)Cn1c(=O)c2c(ncn2C)n(C)c1=O.Cl. The van der Waals surface area contributed by atoms with Gasteiger partial charge in [0.25, 0.3) is 5.56 Å². The van der Waals surface area contributed by atoms with Gasteiger partial charge in [-0.05, 0) is 6.92 Å². The predicted molar refractivity (Wildman–Crippen MR) is 91.5 cm³/mol. The molecule has 1 fully saturated rings. The second-order valence-electron chi connectivity index (χ2n) is 5.90. The van der Waals surface area contributed by atoms with Gasteiger partial charge in [-0.15, -0.1) is 12.4 Å². The smallest absolute Gasteiger partial charge is 0.332 e. The minimum Gasteiger partial charge on any atom is -0.336 e. The van der Waals surface area contributed by atoms with Gasteiger partial charge in [0.15, 0.2) is 11.2 Å². The van der Waals surface area contributed by atoms with Crippen molar-refractivity contribution in [3.8, 4) is 0 Å². The molecule has 1 N–H and O–H groups in total. The van der Waals surface area contributed by atoms with Gasteiger partial charge in [-0.25, -0.2) is 14.3 Å². The topological polar surface area (TPSA) is 94.2 Å². The van der Waals surface area contributed by atoms with Crippen molar-refractivity contribution in [3.63, 3.8) is 0 Å². The third kappa shape index (κ3) is 2.84. The summed E-state index contributed by atoms with van der Waals surface area (Å²) in [6.45, 7) is 3.68. The molecular weight excluding hydrogens is 336 g/mol. The van der Waals surface area contributed by atoms with E-state index in [-0.39, 0.29) is 30.9 Å². The van der Waals surface area contributed by atoms with E-state index in [1.807, 2.05) is 6.92 Å². The van der Waals surface area contributed by atoms with E-state index in [9.17, 15) is 14.4 Å². The molecule has 24 heavy (non-hydrogen) atoms. The van der Waals surface area contributed by atoms with Crippen LogP contribution in [-0.4, -0.2) is 55.2 Å². The minimum atomic E-state index is -0.530. The first kappa shape index (κ1) is 18.2. The molecule has 2 aromatic heterocycles. The molecule has 1 atom stereocenters. The molecule has 0 saturated carbocycles. The van der Waals surface area contributed by atoms with Crippen LogP contribution >= 0.6 is 12.4 Å². The zero-order valence-electron chi connectivity index (χ0n) is 13.9. The maximum absolute atomic E-state index is 12.6. The number of nitrogens with zero attached hydrogens (tertiary/aromatic N) is 5. The number of nitrogens with one attached hydrogen (secondary N) is 1. The summed E-state index contributed by atoms with van der Waals surface area (Å²) in [5.41, 5.74) is -0.383. The maximum atomic E-state index is 12.6. The van der Waals surface area contributed by atoms with Gasteiger partial charge in [0.2, 0.25) is 5.91 Å². The molecule has 0 unspecified atom stereocenters. The van der Waals surface area contributed by atoms with E-state index in [1.165, 1.54) is 10.9 Å². The lowest BCUT2D eigenvalue weighted by molar-refractivity contribution is -0.134. The molecule has 3 rings (SSSR count). The first-order valence-corrected chi connectivity index (χ1v) is 7.53. The Balaban J connectivity index is 0.00000208. The van der Waals surface area contributed by atoms with Gasteiger partial charge in [0.05, 0.1) is 6.33 Å². The first-order chi connectivity index (χ1) is 10.9. The van der Waals surface area contributed by atoms with Crippen LogP contribution in [-0.2, 0) is 25.4 Å². The number of hydrogen-bond acceptors (Lipinski definition) is 5. The van der Waals surface area contributed by atoms with Crippen LogP contribution in [0.15, 0.2) is 15.9 Å². The second-order valence-corrected chi connectivity index (χ2v) is 5.90. The fourth-order valence-electron chi connectivity index (χ4n) is 2.97. The van der Waals surface area contributed by atoms with Gasteiger partial charge in [-0.2, -0.15) is 0 Å². The highest BCUT2D eigenvalue weighted by Crippen LogP contribution is 2.05. The molecule has 9 nitrogen and oxygen atoms in total. The summed E-state index contributed by atoms with van der Waals surface area (Å²) in [5, 5.41) is 3.20. The highest BCUT2D eigenvalue weighted by Gasteiger charge is 2.25. The van der Waals surface area contributed by atoms with Crippen molar-refractivity contribution >= 4 is 29.5 Å². The number of rotatable bonds is 2. The number of amides is 1. The highest BCUT2D eigenvalue weighted by atomic mass is 35.5. The van der Waals surface area contributed by atoms with Crippen LogP contribution in [0, 0.1) is 0 Å². The van der Waals surface area contributed by atoms with Crippen LogP contribution in [0.25, 0.3) is 11.2 Å². The number of carbonyl (C=O) groups excluding carboxylic acids is 1. The van der Waals surface area contributed by atoms with Crippen LogP contribution in [0.1, 0.15) is 6.92 Å². The number of halogens is 1. The minimum absolute atomic E-state index is 0. The molecule has 1 aliphatic heterocycles. The summed E-state index contributed by atoms with van der Waals surface area (Å²) < 4.78 is 3.85. The molecule has 0 spiro atoms. The number of aromatic nitrogens is 4. The van der Waals surface area contributed by atoms with Crippen LogP contribution in [0.5, 0.6) is 0 Å². The molecule has 1 saturated heterocycles. The van der Waals surface area contributed by atoms with Crippen molar-refractivity contribution in [2.45, 2.75) is 19.5 Å². The van der Waals surface area contributed by atoms with Crippen molar-refractivity contribution in [2.75, 3.05) is 19.6 Å². The van der Waals surface area contributed by atoms with E-state index in [2.05, 4.69) is 10.3 Å². The quantitative estimate of drug-likeness (QED) is 0.720. The fourth-order valence-corrected chi connectivity index (χ4v) is 2.97. The Kier molecular flexibility index (Phi) is 5.14. The normalized spacial score (nSPS) is 17.8. The second kappa shape index (κ2) is 6.78. The number of carbonyl (C=O) groups is 1. The number of piperazine rings is 1. The standard InChI is InChI=1S/C14H20N6O3.ClH/c1-9-6-15-4-5-19(9)10(21)7-20-13(22)11-12(16-8-17(11)2)18(3)14(20)23;/h8-9,15H,4-7H2,1-3H3;1H/t9-;/m0./s1. The first-order valence-electron chi connectivity index (χ1n) is 7.53. The zero-order valence-corrected chi connectivity index (χ0v) is 14.7. The molecule has 10 heteroatoms. The zero-order chi connectivity index (χ0) is 16.7. The lowest BCUT2D eigenvalue weighted by atomic mass is 10.2. The lowest BCUT2D eigenvalue weighted by Crippen LogP contribution is -2.54. The fraction of sp³-hybridized carbons (Fsp3) is 0.571. The Bertz CT molecular complexity index is 883. The van der Waals surface area contributed by atoms with E-state index in [0.717, 1.165) is 4.57 Å². The van der Waals surface area contributed by atoms with E-state index in [1.54, 1.807) is 23.6 Å². The van der Waals surface area contributed by atoms with E-state index < -0.39 is 11.2 Å². The molecule has 1 aliphatic rings. The van der Waals surface area contributed by atoms with Gasteiger partial charge in [-0.1, -0.05) is 0 Å². The number of hydrogen-bond donors (Lipinski definition) is 1. The molecular formula is C14H21ClN6O3. The third-order valence-corrected chi connectivity index (χ3v) is 4.32. The molecule has 0 aromatic carbocycles. The number of fused-ring (bicyclic) bond motifs is 1. The van der Waals surface area contributed by atoms with E-state index >= 15 is 0 Å². The van der Waals surface area contributed by atoms with Crippen LogP contribution in [0.4, 0.5) is 0 Å². The molecule has 2 aromatic rings. The molecule has 0 radical (unpaired) electrons. The summed E-state index contributed by atoms with van der Waals surface area (Å²) in [7, 11) is 3.23. The van der Waals surface area contributed by atoms with Crippen molar-refractivity contribution in [1.29, 1.82) is 0 Å². The van der Waals surface area contributed by atoms with Gasteiger partial charge < -0.3 is 14.8 Å². The van der Waals surface area contributed by atoms with Crippen molar-refractivity contribution in [3.05, 3.63) is 27.2 Å². The third-order valence-electron chi connectivity index (χ3n) is 4.32. The Labute approximate surface area is 144 Å². The average molecular weight is 357 g/mol. The summed E-state index contributed by atoms with van der Waals surface area (Å²) >= 11 is 0. The average Bonchev–Trinajstić information content (AvgIpc) is 2.91. The van der Waals surface area contributed by atoms with E-state index in [4.69, 9.17) is 0 Å². The van der Waals surface area contributed by atoms with E-state index in [0.29, 0.717) is 30.8 Å². The van der Waals surface area contributed by atoms with Crippen molar-refractivity contribution in [1.82, 2.24) is 28.9 Å². The molecule has 0 aliphatic carbocycles. The predicted octanol–water partition coefficient (Wildman–Crippen LogP) is -1.32. The van der Waals surface area contributed by atoms with Crippen LogP contribution < -0.4 is 16.6 Å². The Morgan fingerprint density at radius 1 is 1.38 bits per heavy atom. The van der Waals surface area contributed by atoms with Crippen LogP contribution in [0.2, 0.25) is 0 Å². The Morgan fingerprint density at radius 2 is 2.08 bits per heavy atom. The Hall–Kier alpha value is -2.13.